The predicted octanol–water partition coefficient (Wildman–Crippen LogP) is 3.81. The zero-order valence-electron chi connectivity index (χ0n) is 15.9. The molecule has 2 aromatic carbocycles. The van der Waals surface area contributed by atoms with Crippen LogP contribution in [0.1, 0.15) is 16.1 Å². The van der Waals surface area contributed by atoms with Crippen molar-refractivity contribution in [3.8, 4) is 0 Å². The van der Waals surface area contributed by atoms with E-state index in [0.717, 1.165) is 0 Å². The van der Waals surface area contributed by atoms with Gasteiger partial charge in [-0.1, -0.05) is 11.6 Å². The molecular formula is C20H18ClFN2O5S. The summed E-state index contributed by atoms with van der Waals surface area (Å²) in [5, 5.41) is 3.17. The van der Waals surface area contributed by atoms with Crippen molar-refractivity contribution in [3.05, 3.63) is 58.6 Å². The molecule has 0 spiro atoms. The van der Waals surface area contributed by atoms with E-state index in [0.29, 0.717) is 29.7 Å². The monoisotopic (exact) mass is 452 g/mol. The summed E-state index contributed by atoms with van der Waals surface area (Å²) in [6.07, 6.45) is 0. The molecule has 1 fully saturated rings. The maximum Gasteiger partial charge on any atom is 0.291 e. The molecule has 158 valence electrons. The largest absolute Gasteiger partial charge is 0.451 e. The third-order valence-corrected chi connectivity index (χ3v) is 7.26. The normalized spacial score (nSPS) is 15.4. The van der Waals surface area contributed by atoms with E-state index in [1.54, 1.807) is 6.92 Å². The van der Waals surface area contributed by atoms with Crippen LogP contribution >= 0.6 is 11.6 Å². The highest BCUT2D eigenvalue weighted by Crippen LogP contribution is 2.30. The van der Waals surface area contributed by atoms with Crippen LogP contribution in [-0.2, 0) is 14.8 Å². The summed E-state index contributed by atoms with van der Waals surface area (Å²) >= 11 is 6.14. The van der Waals surface area contributed by atoms with Crippen LogP contribution in [0, 0.1) is 12.7 Å². The Hall–Kier alpha value is -2.46. The maximum atomic E-state index is 13.5. The second-order valence-electron chi connectivity index (χ2n) is 6.81. The highest BCUT2D eigenvalue weighted by atomic mass is 35.5. The zero-order valence-corrected chi connectivity index (χ0v) is 17.5. The van der Waals surface area contributed by atoms with E-state index in [-0.39, 0.29) is 34.5 Å². The second-order valence-corrected chi connectivity index (χ2v) is 9.13. The number of nitrogens with one attached hydrogen (secondary N) is 1. The van der Waals surface area contributed by atoms with E-state index in [1.807, 2.05) is 0 Å². The summed E-state index contributed by atoms with van der Waals surface area (Å²) in [7, 11) is -3.84. The van der Waals surface area contributed by atoms with E-state index < -0.39 is 21.7 Å². The van der Waals surface area contributed by atoms with Crippen molar-refractivity contribution in [2.75, 3.05) is 31.6 Å². The van der Waals surface area contributed by atoms with Crippen LogP contribution < -0.4 is 5.32 Å². The van der Waals surface area contributed by atoms with Crippen molar-refractivity contribution in [2.45, 2.75) is 11.8 Å². The predicted molar refractivity (Wildman–Crippen MR) is 110 cm³/mol. The van der Waals surface area contributed by atoms with E-state index in [4.69, 9.17) is 20.8 Å². The van der Waals surface area contributed by atoms with Gasteiger partial charge in [0.05, 0.1) is 18.2 Å². The van der Waals surface area contributed by atoms with Gasteiger partial charge in [-0.3, -0.25) is 4.79 Å². The lowest BCUT2D eigenvalue weighted by molar-refractivity contribution is 0.0730. The van der Waals surface area contributed by atoms with Crippen LogP contribution in [0.2, 0.25) is 5.02 Å². The molecule has 10 heteroatoms. The number of hydrogen-bond donors (Lipinski definition) is 1. The van der Waals surface area contributed by atoms with Crippen molar-refractivity contribution in [2.24, 2.45) is 0 Å². The fourth-order valence-corrected chi connectivity index (χ4v) is 5.21. The lowest BCUT2D eigenvalue weighted by Crippen LogP contribution is -2.40. The number of rotatable bonds is 4. The van der Waals surface area contributed by atoms with Gasteiger partial charge in [0.25, 0.3) is 5.91 Å². The zero-order chi connectivity index (χ0) is 21.5. The summed E-state index contributed by atoms with van der Waals surface area (Å²) in [5.41, 5.74) is 1.10. The van der Waals surface area contributed by atoms with Crippen LogP contribution in [0.15, 0.2) is 45.7 Å². The molecule has 2 heterocycles. The van der Waals surface area contributed by atoms with Crippen molar-refractivity contribution >= 4 is 44.2 Å². The number of amides is 1. The number of hydrogen-bond acceptors (Lipinski definition) is 5. The minimum absolute atomic E-state index is 0.0168. The number of benzene rings is 2. The quantitative estimate of drug-likeness (QED) is 0.650. The van der Waals surface area contributed by atoms with Gasteiger partial charge < -0.3 is 14.5 Å². The first-order chi connectivity index (χ1) is 14.3. The van der Waals surface area contributed by atoms with Crippen LogP contribution in [0.25, 0.3) is 11.0 Å². The van der Waals surface area contributed by atoms with Crippen molar-refractivity contribution in [1.82, 2.24) is 4.31 Å². The number of furan rings is 1. The molecule has 7 nitrogen and oxygen atoms in total. The Kier molecular flexibility index (Phi) is 5.54. The molecule has 0 radical (unpaired) electrons. The first-order valence-electron chi connectivity index (χ1n) is 9.15. The maximum absolute atomic E-state index is 13.5. The topological polar surface area (TPSA) is 88.9 Å². The van der Waals surface area contributed by atoms with Crippen LogP contribution in [-0.4, -0.2) is 44.9 Å². The van der Waals surface area contributed by atoms with Gasteiger partial charge in [0, 0.05) is 29.7 Å². The van der Waals surface area contributed by atoms with Gasteiger partial charge in [0.1, 0.15) is 16.3 Å². The molecule has 3 aromatic rings. The summed E-state index contributed by atoms with van der Waals surface area (Å²) in [6.45, 7) is 2.71. The minimum atomic E-state index is -3.84. The third-order valence-electron chi connectivity index (χ3n) is 4.88. The van der Waals surface area contributed by atoms with E-state index >= 15 is 0 Å². The minimum Gasteiger partial charge on any atom is -0.451 e. The Morgan fingerprint density at radius 3 is 2.63 bits per heavy atom. The number of nitrogens with zero attached hydrogens (tertiary/aromatic N) is 1. The van der Waals surface area contributed by atoms with Crippen molar-refractivity contribution in [3.63, 3.8) is 0 Å². The first-order valence-corrected chi connectivity index (χ1v) is 11.0. The molecule has 4 rings (SSSR count). The average Bonchev–Trinajstić information content (AvgIpc) is 3.06. The van der Waals surface area contributed by atoms with Gasteiger partial charge in [-0.25, -0.2) is 12.8 Å². The van der Waals surface area contributed by atoms with Gasteiger partial charge >= 0.3 is 0 Å². The number of aryl methyl sites for hydroxylation is 1. The molecule has 30 heavy (non-hydrogen) atoms. The molecule has 1 aliphatic heterocycles. The smallest absolute Gasteiger partial charge is 0.291 e. The Bertz CT molecular complexity index is 1240. The molecule has 1 saturated heterocycles. The third kappa shape index (κ3) is 3.81. The van der Waals surface area contributed by atoms with Gasteiger partial charge in [-0.15, -0.1) is 0 Å². The van der Waals surface area contributed by atoms with E-state index in [9.17, 15) is 17.6 Å². The summed E-state index contributed by atoms with van der Waals surface area (Å²) < 4.78 is 51.4. The molecular weight excluding hydrogens is 435 g/mol. The second kappa shape index (κ2) is 7.99. The summed E-state index contributed by atoms with van der Waals surface area (Å²) in [6, 6.07) is 8.20. The molecule has 1 amide bonds. The van der Waals surface area contributed by atoms with Gasteiger partial charge in [-0.05, 0) is 43.3 Å². The molecule has 0 bridgehead atoms. The van der Waals surface area contributed by atoms with Crippen molar-refractivity contribution in [1.29, 1.82) is 0 Å². The standard InChI is InChI=1S/C20H18ClFN2O5S/c1-12-15-10-13(22)2-5-17(15)29-19(12)20(25)23-14-3-4-16(21)18(11-14)30(26,27)24-6-8-28-9-7-24/h2-5,10-11H,6-9H2,1H3,(H,23,25). The lowest BCUT2D eigenvalue weighted by atomic mass is 10.1. The fraction of sp³-hybridized carbons (Fsp3) is 0.250. The fourth-order valence-electron chi connectivity index (χ4n) is 3.30. The number of anilines is 1. The molecule has 0 unspecified atom stereocenters. The van der Waals surface area contributed by atoms with Crippen LogP contribution in [0.5, 0.6) is 0 Å². The molecule has 1 aliphatic rings. The average molecular weight is 453 g/mol. The molecule has 0 atom stereocenters. The van der Waals surface area contributed by atoms with Crippen LogP contribution in [0.3, 0.4) is 0 Å². The first kappa shape index (κ1) is 20.8. The number of halogens is 2. The number of sulfonamides is 1. The molecule has 1 N–H and O–H groups in total. The number of fused-ring (bicyclic) bond motifs is 1. The lowest BCUT2D eigenvalue weighted by Gasteiger charge is -2.26. The molecule has 1 aromatic heterocycles. The van der Waals surface area contributed by atoms with Crippen LogP contribution in [0.4, 0.5) is 10.1 Å². The molecule has 0 aliphatic carbocycles. The Labute approximate surface area is 177 Å². The number of carbonyl (C=O) groups excluding carboxylic acids is 1. The number of carbonyl (C=O) groups is 1. The van der Waals surface area contributed by atoms with Gasteiger partial charge in [0.15, 0.2) is 5.76 Å². The molecule has 0 saturated carbocycles. The van der Waals surface area contributed by atoms with E-state index in [1.165, 1.54) is 40.7 Å². The number of ether oxygens (including phenoxy) is 1. The Balaban J connectivity index is 1.63. The Morgan fingerprint density at radius 2 is 1.90 bits per heavy atom. The summed E-state index contributed by atoms with van der Waals surface area (Å²) in [5.74, 6) is -1.00. The van der Waals surface area contributed by atoms with Gasteiger partial charge in [0.2, 0.25) is 10.0 Å². The Morgan fingerprint density at radius 1 is 1.17 bits per heavy atom. The van der Waals surface area contributed by atoms with Gasteiger partial charge in [-0.2, -0.15) is 4.31 Å². The van der Waals surface area contributed by atoms with E-state index in [2.05, 4.69) is 5.32 Å². The number of morpholine rings is 1. The highest BCUT2D eigenvalue weighted by Gasteiger charge is 2.29. The van der Waals surface area contributed by atoms with Crippen molar-refractivity contribution < 1.29 is 26.8 Å². The highest BCUT2D eigenvalue weighted by molar-refractivity contribution is 7.89. The SMILES string of the molecule is Cc1c(C(=O)Nc2ccc(Cl)c(S(=O)(=O)N3CCOCC3)c2)oc2ccc(F)cc12. The summed E-state index contributed by atoms with van der Waals surface area (Å²) in [4.78, 5) is 12.6.